The second-order valence-corrected chi connectivity index (χ2v) is 6.35. The largest absolute Gasteiger partial charge is 0.312 e. The molecule has 1 N–H and O–H groups in total. The fraction of sp³-hybridized carbons (Fsp3) is 0.786. The standard InChI is InChI=1S/C14H25N3S/c1-12-4-8-17(9-5-12)7-3-6-15-10-14-13(2)16-11-18-14/h11-12,15H,3-10H2,1-2H3. The van der Waals surface area contributed by atoms with E-state index >= 15 is 0 Å². The predicted octanol–water partition coefficient (Wildman–Crippen LogP) is 2.66. The van der Waals surface area contributed by atoms with Crippen molar-refractivity contribution in [2.24, 2.45) is 5.92 Å². The van der Waals surface area contributed by atoms with Gasteiger partial charge in [0, 0.05) is 11.4 Å². The molecule has 0 bridgehead atoms. The van der Waals surface area contributed by atoms with Gasteiger partial charge in [-0.15, -0.1) is 11.3 Å². The summed E-state index contributed by atoms with van der Waals surface area (Å²) in [5.41, 5.74) is 3.11. The Morgan fingerprint density at radius 3 is 2.89 bits per heavy atom. The van der Waals surface area contributed by atoms with Gasteiger partial charge >= 0.3 is 0 Å². The Balaban J connectivity index is 1.53. The molecule has 0 aliphatic carbocycles. The third-order valence-electron chi connectivity index (χ3n) is 3.83. The summed E-state index contributed by atoms with van der Waals surface area (Å²) in [6, 6.07) is 0. The van der Waals surface area contributed by atoms with Gasteiger partial charge in [0.25, 0.3) is 0 Å². The lowest BCUT2D eigenvalue weighted by Crippen LogP contribution is -2.34. The van der Waals surface area contributed by atoms with Crippen LogP contribution in [-0.4, -0.2) is 36.1 Å². The van der Waals surface area contributed by atoms with E-state index in [1.54, 1.807) is 11.3 Å². The lowest BCUT2D eigenvalue weighted by molar-refractivity contribution is 0.190. The number of nitrogens with zero attached hydrogens (tertiary/aromatic N) is 2. The number of thiazole rings is 1. The molecule has 0 aromatic carbocycles. The quantitative estimate of drug-likeness (QED) is 0.803. The maximum atomic E-state index is 4.27. The fourth-order valence-electron chi connectivity index (χ4n) is 2.41. The molecule has 0 atom stereocenters. The Bertz CT molecular complexity index is 343. The predicted molar refractivity (Wildman–Crippen MR) is 78.0 cm³/mol. The third kappa shape index (κ3) is 4.34. The fourth-order valence-corrected chi connectivity index (χ4v) is 3.16. The average Bonchev–Trinajstić information content (AvgIpc) is 2.77. The number of aryl methyl sites for hydroxylation is 1. The van der Waals surface area contributed by atoms with Crippen LogP contribution in [0, 0.1) is 12.8 Å². The van der Waals surface area contributed by atoms with E-state index in [1.165, 1.54) is 49.5 Å². The van der Waals surface area contributed by atoms with Crippen LogP contribution in [0.4, 0.5) is 0 Å². The Labute approximate surface area is 115 Å². The number of nitrogens with one attached hydrogen (secondary N) is 1. The maximum Gasteiger partial charge on any atom is 0.0798 e. The van der Waals surface area contributed by atoms with Crippen molar-refractivity contribution in [1.82, 2.24) is 15.2 Å². The van der Waals surface area contributed by atoms with Gasteiger partial charge in [0.05, 0.1) is 11.2 Å². The lowest BCUT2D eigenvalue weighted by atomic mass is 9.99. The first-order valence-electron chi connectivity index (χ1n) is 7.07. The number of rotatable bonds is 6. The number of hydrogen-bond donors (Lipinski definition) is 1. The van der Waals surface area contributed by atoms with Gasteiger partial charge in [0.1, 0.15) is 0 Å². The summed E-state index contributed by atoms with van der Waals surface area (Å²) >= 11 is 1.75. The molecule has 1 aliphatic heterocycles. The van der Waals surface area contributed by atoms with Crippen molar-refractivity contribution in [3.05, 3.63) is 16.1 Å². The highest BCUT2D eigenvalue weighted by Crippen LogP contribution is 2.15. The second kappa shape index (κ2) is 7.22. The van der Waals surface area contributed by atoms with Crippen molar-refractivity contribution in [3.63, 3.8) is 0 Å². The number of piperidine rings is 1. The van der Waals surface area contributed by atoms with Gasteiger partial charge in [-0.2, -0.15) is 0 Å². The summed E-state index contributed by atoms with van der Waals surface area (Å²) < 4.78 is 0. The van der Waals surface area contributed by atoms with Gasteiger partial charge in [0.2, 0.25) is 0 Å². The zero-order chi connectivity index (χ0) is 12.8. The third-order valence-corrected chi connectivity index (χ3v) is 4.77. The van der Waals surface area contributed by atoms with Crippen LogP contribution in [0.15, 0.2) is 5.51 Å². The topological polar surface area (TPSA) is 28.2 Å². The van der Waals surface area contributed by atoms with E-state index in [-0.39, 0.29) is 0 Å². The zero-order valence-corrected chi connectivity index (χ0v) is 12.4. The van der Waals surface area contributed by atoms with E-state index in [9.17, 15) is 0 Å². The Kier molecular flexibility index (Phi) is 5.60. The van der Waals surface area contributed by atoms with Crippen LogP contribution in [0.1, 0.15) is 36.8 Å². The minimum absolute atomic E-state index is 0.939. The molecule has 1 aromatic rings. The second-order valence-electron chi connectivity index (χ2n) is 5.42. The highest BCUT2D eigenvalue weighted by Gasteiger charge is 2.14. The smallest absolute Gasteiger partial charge is 0.0798 e. The Hall–Kier alpha value is -0.450. The van der Waals surface area contributed by atoms with Crippen molar-refractivity contribution in [3.8, 4) is 0 Å². The van der Waals surface area contributed by atoms with Gasteiger partial charge in [-0.25, -0.2) is 4.98 Å². The molecule has 1 aliphatic rings. The van der Waals surface area contributed by atoms with Crippen LogP contribution in [0.3, 0.4) is 0 Å². The first-order chi connectivity index (χ1) is 8.75. The lowest BCUT2D eigenvalue weighted by Gasteiger charge is -2.30. The van der Waals surface area contributed by atoms with Crippen LogP contribution in [0.25, 0.3) is 0 Å². The van der Waals surface area contributed by atoms with Crippen LogP contribution >= 0.6 is 11.3 Å². The molecule has 3 nitrogen and oxygen atoms in total. The first-order valence-corrected chi connectivity index (χ1v) is 7.95. The molecule has 0 amide bonds. The van der Waals surface area contributed by atoms with E-state index < -0.39 is 0 Å². The molecule has 102 valence electrons. The summed E-state index contributed by atoms with van der Waals surface area (Å²) in [4.78, 5) is 8.25. The summed E-state index contributed by atoms with van der Waals surface area (Å²) in [6.45, 7) is 10.4. The van der Waals surface area contributed by atoms with E-state index in [0.717, 1.165) is 19.0 Å². The molecule has 1 saturated heterocycles. The van der Waals surface area contributed by atoms with Crippen molar-refractivity contribution in [2.75, 3.05) is 26.2 Å². The molecule has 0 saturated carbocycles. The van der Waals surface area contributed by atoms with Crippen molar-refractivity contribution >= 4 is 11.3 Å². The molecule has 0 radical (unpaired) electrons. The molecular weight excluding hydrogens is 242 g/mol. The number of hydrogen-bond acceptors (Lipinski definition) is 4. The van der Waals surface area contributed by atoms with Crippen LogP contribution in [0.2, 0.25) is 0 Å². The monoisotopic (exact) mass is 267 g/mol. The minimum Gasteiger partial charge on any atom is -0.312 e. The van der Waals surface area contributed by atoms with E-state index in [1.807, 2.05) is 5.51 Å². The molecule has 2 rings (SSSR count). The SMILES string of the molecule is Cc1ncsc1CNCCCN1CCC(C)CC1. The summed E-state index contributed by atoms with van der Waals surface area (Å²) in [5.74, 6) is 0.939. The Morgan fingerprint density at radius 2 is 2.22 bits per heavy atom. The average molecular weight is 267 g/mol. The molecule has 1 fully saturated rings. The highest BCUT2D eigenvalue weighted by atomic mass is 32.1. The summed E-state index contributed by atoms with van der Waals surface area (Å²) in [7, 11) is 0. The molecule has 1 aromatic heterocycles. The van der Waals surface area contributed by atoms with Crippen molar-refractivity contribution in [1.29, 1.82) is 0 Å². The first kappa shape index (κ1) is 14.0. The summed E-state index contributed by atoms with van der Waals surface area (Å²) in [5, 5.41) is 3.52. The molecule has 2 heterocycles. The zero-order valence-electron chi connectivity index (χ0n) is 11.6. The molecule has 0 unspecified atom stereocenters. The molecule has 0 spiro atoms. The van der Waals surface area contributed by atoms with E-state index in [2.05, 4.69) is 29.0 Å². The molecule has 4 heteroatoms. The normalized spacial score (nSPS) is 18.3. The van der Waals surface area contributed by atoms with Gasteiger partial charge in [0.15, 0.2) is 0 Å². The van der Waals surface area contributed by atoms with Gasteiger partial charge in [-0.3, -0.25) is 0 Å². The van der Waals surface area contributed by atoms with Crippen molar-refractivity contribution in [2.45, 2.75) is 39.7 Å². The van der Waals surface area contributed by atoms with Crippen molar-refractivity contribution < 1.29 is 0 Å². The van der Waals surface area contributed by atoms with E-state index in [0.29, 0.717) is 0 Å². The summed E-state index contributed by atoms with van der Waals surface area (Å²) in [6.07, 6.45) is 4.02. The molecular formula is C14H25N3S. The van der Waals surface area contributed by atoms with Crippen LogP contribution in [-0.2, 0) is 6.54 Å². The van der Waals surface area contributed by atoms with E-state index in [4.69, 9.17) is 0 Å². The van der Waals surface area contributed by atoms with Gasteiger partial charge in [-0.05, 0) is 58.3 Å². The number of aromatic nitrogens is 1. The highest BCUT2D eigenvalue weighted by molar-refractivity contribution is 7.09. The maximum absolute atomic E-state index is 4.27. The minimum atomic E-state index is 0.939. The van der Waals surface area contributed by atoms with Crippen LogP contribution < -0.4 is 5.32 Å². The Morgan fingerprint density at radius 1 is 1.44 bits per heavy atom. The van der Waals surface area contributed by atoms with Crippen LogP contribution in [0.5, 0.6) is 0 Å². The van der Waals surface area contributed by atoms with Gasteiger partial charge in [-0.1, -0.05) is 6.92 Å². The van der Waals surface area contributed by atoms with Gasteiger partial charge < -0.3 is 10.2 Å². The number of likely N-dealkylation sites (tertiary alicyclic amines) is 1. The molecule has 18 heavy (non-hydrogen) atoms.